The molecule has 3 N–H and O–H groups in total. The Morgan fingerprint density at radius 2 is 1.79 bits per heavy atom. The van der Waals surface area contributed by atoms with Crippen molar-refractivity contribution in [1.29, 1.82) is 0 Å². The lowest BCUT2D eigenvalue weighted by molar-refractivity contribution is -0.137. The Kier molecular flexibility index (Phi) is 6.67. The lowest BCUT2D eigenvalue weighted by Crippen LogP contribution is -2.38. The molecule has 0 bridgehead atoms. The zero-order chi connectivity index (χ0) is 24.3. The van der Waals surface area contributed by atoms with E-state index in [1.165, 1.54) is 6.07 Å². The highest BCUT2D eigenvalue weighted by molar-refractivity contribution is 6.06. The first-order valence-electron chi connectivity index (χ1n) is 10.8. The van der Waals surface area contributed by atoms with Crippen molar-refractivity contribution in [1.82, 2.24) is 15.5 Å². The minimum absolute atomic E-state index is 0.0287. The number of hydrogen-bond donors (Lipinski definition) is 3. The van der Waals surface area contributed by atoms with Crippen LogP contribution in [0.2, 0.25) is 0 Å². The Bertz CT molecular complexity index is 1190. The molecule has 0 saturated heterocycles. The zero-order valence-electron chi connectivity index (χ0n) is 18.3. The number of rotatable bonds is 4. The average molecular weight is 473 g/mol. The molecule has 1 aromatic heterocycles. The fourth-order valence-electron chi connectivity index (χ4n) is 3.74. The molecule has 0 unspecified atom stereocenters. The van der Waals surface area contributed by atoms with E-state index in [2.05, 4.69) is 25.8 Å². The number of nitrogens with one attached hydrogen (secondary N) is 3. The summed E-state index contributed by atoms with van der Waals surface area (Å²) in [5, 5.41) is 13.2. The maximum Gasteiger partial charge on any atom is 0.416 e. The molecule has 34 heavy (non-hydrogen) atoms. The van der Waals surface area contributed by atoms with Crippen LogP contribution >= 0.6 is 0 Å². The highest BCUT2D eigenvalue weighted by Gasteiger charge is 2.30. The standard InChI is InChI=1S/C24H23F4N5O/c1-14-6-7-16(12-19(14)25)20-13-21(33-32-20)30-23(29-18-4-2-3-5-18)31-22(34)15-8-10-17(11-9-15)24(26,27)28/h6-13,18H,2-5H2,1H3,(H3,29,30,31,32,33,34). The quantitative estimate of drug-likeness (QED) is 0.259. The molecule has 0 aliphatic heterocycles. The number of halogens is 4. The Labute approximate surface area is 193 Å². The topological polar surface area (TPSA) is 82.2 Å². The SMILES string of the molecule is Cc1ccc(-c2cc(N/C(=N\C(=O)c3ccc(C(F)(F)F)cc3)NC3CCCC3)[nH]n2)cc1F. The molecule has 2 aromatic carbocycles. The van der Waals surface area contributed by atoms with E-state index in [9.17, 15) is 22.4 Å². The number of hydrogen-bond acceptors (Lipinski definition) is 2. The van der Waals surface area contributed by atoms with E-state index < -0.39 is 17.6 Å². The third kappa shape index (κ3) is 5.62. The first-order valence-corrected chi connectivity index (χ1v) is 10.8. The molecule has 178 valence electrons. The molecule has 1 fully saturated rings. The zero-order valence-corrected chi connectivity index (χ0v) is 18.3. The Morgan fingerprint density at radius 1 is 1.09 bits per heavy atom. The highest BCUT2D eigenvalue weighted by Crippen LogP contribution is 2.29. The lowest BCUT2D eigenvalue weighted by Gasteiger charge is -2.16. The average Bonchev–Trinajstić information content (AvgIpc) is 3.47. The normalized spacial score (nSPS) is 14.9. The molecule has 1 heterocycles. The molecular weight excluding hydrogens is 450 g/mol. The number of aryl methyl sites for hydroxylation is 1. The van der Waals surface area contributed by atoms with Gasteiger partial charge in [0.05, 0.1) is 11.3 Å². The van der Waals surface area contributed by atoms with E-state index in [0.717, 1.165) is 49.9 Å². The molecule has 6 nitrogen and oxygen atoms in total. The van der Waals surface area contributed by atoms with Crippen LogP contribution in [0.15, 0.2) is 53.5 Å². The molecule has 1 saturated carbocycles. The first-order chi connectivity index (χ1) is 16.2. The number of amides is 1. The predicted molar refractivity (Wildman–Crippen MR) is 121 cm³/mol. The highest BCUT2D eigenvalue weighted by atomic mass is 19.4. The van der Waals surface area contributed by atoms with Gasteiger partial charge in [-0.1, -0.05) is 25.0 Å². The summed E-state index contributed by atoms with van der Waals surface area (Å²) in [6.45, 7) is 1.67. The summed E-state index contributed by atoms with van der Waals surface area (Å²) in [7, 11) is 0. The van der Waals surface area contributed by atoms with E-state index in [1.54, 1.807) is 25.1 Å². The summed E-state index contributed by atoms with van der Waals surface area (Å²) < 4.78 is 52.3. The summed E-state index contributed by atoms with van der Waals surface area (Å²) in [6, 6.07) is 10.4. The van der Waals surface area contributed by atoms with E-state index >= 15 is 0 Å². The van der Waals surface area contributed by atoms with Gasteiger partial charge in [-0.15, -0.1) is 0 Å². The van der Waals surface area contributed by atoms with Crippen molar-refractivity contribution in [2.45, 2.75) is 44.8 Å². The smallest absolute Gasteiger partial charge is 0.353 e. The van der Waals surface area contributed by atoms with Crippen molar-refractivity contribution in [3.63, 3.8) is 0 Å². The van der Waals surface area contributed by atoms with Gasteiger partial charge in [0.15, 0.2) is 0 Å². The van der Waals surface area contributed by atoms with Gasteiger partial charge >= 0.3 is 6.18 Å². The maximum absolute atomic E-state index is 13.9. The van der Waals surface area contributed by atoms with Crippen molar-refractivity contribution >= 4 is 17.7 Å². The first kappa shape index (κ1) is 23.5. The Morgan fingerprint density at radius 3 is 2.44 bits per heavy atom. The van der Waals surface area contributed by atoms with Gasteiger partial charge in [0.1, 0.15) is 11.6 Å². The van der Waals surface area contributed by atoms with Crippen LogP contribution in [0.25, 0.3) is 11.3 Å². The van der Waals surface area contributed by atoms with Crippen molar-refractivity contribution < 1.29 is 22.4 Å². The molecule has 4 rings (SSSR count). The van der Waals surface area contributed by atoms with Crippen molar-refractivity contribution in [3.8, 4) is 11.3 Å². The number of benzene rings is 2. The van der Waals surface area contributed by atoms with Crippen LogP contribution in [-0.4, -0.2) is 28.1 Å². The van der Waals surface area contributed by atoms with Gasteiger partial charge < -0.3 is 10.6 Å². The summed E-state index contributed by atoms with van der Waals surface area (Å²) in [5.41, 5.74) is 0.787. The second kappa shape index (κ2) is 9.66. The van der Waals surface area contributed by atoms with E-state index in [4.69, 9.17) is 0 Å². The van der Waals surface area contributed by atoms with Crippen LogP contribution in [0, 0.1) is 12.7 Å². The summed E-state index contributed by atoms with van der Waals surface area (Å²) in [5.74, 6) is -0.466. The minimum atomic E-state index is -4.49. The van der Waals surface area contributed by atoms with Gasteiger partial charge in [-0.2, -0.15) is 23.3 Å². The summed E-state index contributed by atoms with van der Waals surface area (Å²) in [6.07, 6.45) is -0.575. The van der Waals surface area contributed by atoms with Crippen molar-refractivity contribution in [2.75, 3.05) is 5.32 Å². The molecule has 10 heteroatoms. The van der Waals surface area contributed by atoms with Crippen LogP contribution < -0.4 is 10.6 Å². The van der Waals surface area contributed by atoms with Crippen molar-refractivity contribution in [2.24, 2.45) is 4.99 Å². The lowest BCUT2D eigenvalue weighted by atomic mass is 10.1. The third-order valence-corrected chi connectivity index (χ3v) is 5.67. The molecule has 0 radical (unpaired) electrons. The van der Waals surface area contributed by atoms with Gasteiger partial charge in [-0.25, -0.2) is 4.39 Å². The van der Waals surface area contributed by atoms with E-state index in [1.807, 2.05) is 0 Å². The number of aliphatic imine (C=N–C) groups is 1. The Balaban J connectivity index is 1.55. The van der Waals surface area contributed by atoms with Gasteiger partial charge in [-0.3, -0.25) is 9.89 Å². The summed E-state index contributed by atoms with van der Waals surface area (Å²) in [4.78, 5) is 16.7. The summed E-state index contributed by atoms with van der Waals surface area (Å²) >= 11 is 0. The fraction of sp³-hybridized carbons (Fsp3) is 0.292. The predicted octanol–water partition coefficient (Wildman–Crippen LogP) is 5.68. The molecule has 3 aromatic rings. The largest absolute Gasteiger partial charge is 0.416 e. The Hall–Kier alpha value is -3.69. The minimum Gasteiger partial charge on any atom is -0.353 e. The van der Waals surface area contributed by atoms with Gasteiger partial charge in [0, 0.05) is 23.2 Å². The number of aromatic amines is 1. The number of H-pyrrole nitrogens is 1. The van der Waals surface area contributed by atoms with Crippen LogP contribution in [0.1, 0.15) is 47.2 Å². The van der Waals surface area contributed by atoms with E-state index in [0.29, 0.717) is 22.6 Å². The van der Waals surface area contributed by atoms with Crippen LogP contribution in [0.4, 0.5) is 23.4 Å². The van der Waals surface area contributed by atoms with E-state index in [-0.39, 0.29) is 23.4 Å². The number of aromatic nitrogens is 2. The number of nitrogens with zero attached hydrogens (tertiary/aromatic N) is 2. The second-order valence-corrected chi connectivity index (χ2v) is 8.22. The van der Waals surface area contributed by atoms with Gasteiger partial charge in [-0.05, 0) is 55.7 Å². The number of guanidine groups is 1. The number of anilines is 1. The van der Waals surface area contributed by atoms with Crippen molar-refractivity contribution in [3.05, 3.63) is 71.0 Å². The fourth-order valence-corrected chi connectivity index (χ4v) is 3.74. The van der Waals surface area contributed by atoms with Crippen LogP contribution in [-0.2, 0) is 6.18 Å². The monoisotopic (exact) mass is 473 g/mol. The number of alkyl halides is 3. The molecule has 1 amide bonds. The van der Waals surface area contributed by atoms with Gasteiger partial charge in [0.2, 0.25) is 5.96 Å². The number of carbonyl (C=O) groups is 1. The second-order valence-electron chi connectivity index (χ2n) is 8.22. The maximum atomic E-state index is 13.9. The molecule has 0 atom stereocenters. The molecule has 0 spiro atoms. The van der Waals surface area contributed by atoms with Crippen LogP contribution in [0.5, 0.6) is 0 Å². The molecule has 1 aliphatic carbocycles. The molecular formula is C24H23F4N5O. The van der Waals surface area contributed by atoms with Gasteiger partial charge in [0.25, 0.3) is 5.91 Å². The molecule has 1 aliphatic rings. The van der Waals surface area contributed by atoms with Crippen LogP contribution in [0.3, 0.4) is 0 Å². The third-order valence-electron chi connectivity index (χ3n) is 5.67. The number of carbonyl (C=O) groups excluding carboxylic acids is 1.